The Labute approximate surface area is 189 Å². The Bertz CT molecular complexity index is 1220. The van der Waals surface area contributed by atoms with Gasteiger partial charge >= 0.3 is 0 Å². The van der Waals surface area contributed by atoms with Gasteiger partial charge in [0.15, 0.2) is 11.5 Å². The van der Waals surface area contributed by atoms with E-state index in [1.807, 2.05) is 0 Å². The fourth-order valence-electron chi connectivity index (χ4n) is 2.97. The Kier molecular flexibility index (Phi) is 7.42. The smallest absolute Gasteiger partial charge is 0.270 e. The van der Waals surface area contributed by atoms with E-state index < -0.39 is 10.7 Å². The highest BCUT2D eigenvalue weighted by Gasteiger charge is 2.15. The van der Waals surface area contributed by atoms with E-state index in [-0.39, 0.29) is 28.6 Å². The molecule has 0 saturated carbocycles. The molecule has 8 heteroatoms. The van der Waals surface area contributed by atoms with Crippen LogP contribution in [0.1, 0.15) is 23.6 Å². The average Bonchev–Trinajstić information content (AvgIpc) is 2.78. The highest BCUT2D eigenvalue weighted by molar-refractivity contribution is 6.32. The van der Waals surface area contributed by atoms with E-state index in [0.29, 0.717) is 29.0 Å². The Morgan fingerprint density at radius 1 is 1.19 bits per heavy atom. The topological polar surface area (TPSA) is 85.4 Å². The van der Waals surface area contributed by atoms with Gasteiger partial charge < -0.3 is 9.47 Å². The lowest BCUT2D eigenvalue weighted by atomic mass is 10.0. The second kappa shape index (κ2) is 10.4. The number of ether oxygens (including phenoxy) is 2. The van der Waals surface area contributed by atoms with Gasteiger partial charge in [0, 0.05) is 17.7 Å². The van der Waals surface area contributed by atoms with Gasteiger partial charge in [0.2, 0.25) is 0 Å². The molecule has 3 rings (SSSR count). The minimum atomic E-state index is -0.524. The third-order valence-corrected chi connectivity index (χ3v) is 4.74. The zero-order chi connectivity index (χ0) is 23.1. The van der Waals surface area contributed by atoms with E-state index in [9.17, 15) is 19.8 Å². The third-order valence-electron chi connectivity index (χ3n) is 4.46. The van der Waals surface area contributed by atoms with E-state index in [4.69, 9.17) is 21.1 Å². The highest BCUT2D eigenvalue weighted by atomic mass is 35.5. The molecule has 0 saturated heterocycles. The minimum Gasteiger partial charge on any atom is -0.490 e. The number of nitro benzene ring substituents is 1. The average molecular weight is 453 g/mol. The maximum absolute atomic E-state index is 13.9. The van der Waals surface area contributed by atoms with Crippen LogP contribution in [0.5, 0.6) is 11.5 Å². The molecule has 3 aromatic carbocycles. The summed E-state index contributed by atoms with van der Waals surface area (Å²) in [4.78, 5) is 10.5. The number of allylic oxidation sites excluding steroid dienone is 1. The summed E-state index contributed by atoms with van der Waals surface area (Å²) >= 11 is 6.42. The van der Waals surface area contributed by atoms with Gasteiger partial charge in [0.25, 0.3) is 5.69 Å². The molecule has 0 N–H and O–H groups in total. The van der Waals surface area contributed by atoms with E-state index in [1.54, 1.807) is 49.4 Å². The second-order valence-electron chi connectivity index (χ2n) is 6.62. The largest absolute Gasteiger partial charge is 0.490 e. The van der Waals surface area contributed by atoms with Gasteiger partial charge in [0.05, 0.1) is 28.2 Å². The first-order valence-corrected chi connectivity index (χ1v) is 10.00. The van der Waals surface area contributed by atoms with E-state index in [1.165, 1.54) is 24.3 Å². The summed E-state index contributed by atoms with van der Waals surface area (Å²) in [6.45, 7) is 2.08. The van der Waals surface area contributed by atoms with Crippen molar-refractivity contribution >= 4 is 28.9 Å². The summed E-state index contributed by atoms with van der Waals surface area (Å²) in [5.41, 5.74) is 1.41. The number of benzene rings is 3. The van der Waals surface area contributed by atoms with E-state index in [2.05, 4.69) is 6.07 Å². The number of nitriles is 1. The molecule has 0 aromatic heterocycles. The van der Waals surface area contributed by atoms with Gasteiger partial charge in [0.1, 0.15) is 12.4 Å². The first kappa shape index (κ1) is 22.8. The van der Waals surface area contributed by atoms with Crippen LogP contribution in [0, 0.1) is 27.3 Å². The Hall–Kier alpha value is -3.89. The first-order chi connectivity index (χ1) is 15.4. The minimum absolute atomic E-state index is 0.0429. The molecule has 32 heavy (non-hydrogen) atoms. The molecule has 0 aliphatic rings. The number of halogens is 2. The summed E-state index contributed by atoms with van der Waals surface area (Å²) in [6.07, 6.45) is 1.55. The standard InChI is InChI=1S/C24H18ClFN2O4/c1-2-31-23-12-16(10-19(14-27)17-7-5-8-20(13-17)28(29)30)11-21(25)24(23)32-15-18-6-3-4-9-22(18)26/h3-13H,2,15H2,1H3. The molecule has 6 nitrogen and oxygen atoms in total. The van der Waals surface area contributed by atoms with Crippen molar-refractivity contribution in [1.82, 2.24) is 0 Å². The van der Waals surface area contributed by atoms with E-state index in [0.717, 1.165) is 0 Å². The number of hydrogen-bond donors (Lipinski definition) is 0. The summed E-state index contributed by atoms with van der Waals surface area (Å²) in [5, 5.41) is 20.8. The normalized spacial score (nSPS) is 11.0. The summed E-state index contributed by atoms with van der Waals surface area (Å²) < 4.78 is 25.3. The van der Waals surface area contributed by atoms with Crippen LogP contribution in [0.3, 0.4) is 0 Å². The molecule has 0 bridgehead atoms. The zero-order valence-corrected chi connectivity index (χ0v) is 17.8. The number of non-ortho nitro benzene ring substituents is 1. The van der Waals surface area contributed by atoms with Crippen LogP contribution in [0.25, 0.3) is 11.6 Å². The SMILES string of the molecule is CCOc1cc(C=C(C#N)c2cccc([N+](=O)[O-])c2)cc(Cl)c1OCc1ccccc1F. The molecule has 162 valence electrons. The Balaban J connectivity index is 1.95. The van der Waals surface area contributed by atoms with Crippen molar-refractivity contribution in [2.75, 3.05) is 6.61 Å². The summed E-state index contributed by atoms with van der Waals surface area (Å²) in [5.74, 6) is 0.193. The van der Waals surface area contributed by atoms with Crippen molar-refractivity contribution in [1.29, 1.82) is 5.26 Å². The molecule has 0 spiro atoms. The molecule has 0 aliphatic carbocycles. The molecular formula is C24H18ClFN2O4. The number of nitro groups is 1. The van der Waals surface area contributed by atoms with Crippen LogP contribution < -0.4 is 9.47 Å². The second-order valence-corrected chi connectivity index (χ2v) is 7.03. The number of hydrogen-bond acceptors (Lipinski definition) is 5. The fraction of sp³-hybridized carbons (Fsp3) is 0.125. The maximum Gasteiger partial charge on any atom is 0.270 e. The van der Waals surface area contributed by atoms with E-state index >= 15 is 0 Å². The Morgan fingerprint density at radius 3 is 2.66 bits per heavy atom. The van der Waals surface area contributed by atoms with Crippen LogP contribution in [0.15, 0.2) is 60.7 Å². The molecule has 0 heterocycles. The first-order valence-electron chi connectivity index (χ1n) is 9.62. The van der Waals surface area contributed by atoms with Gasteiger partial charge in [-0.25, -0.2) is 4.39 Å². The molecule has 0 atom stereocenters. The number of nitrogens with zero attached hydrogens (tertiary/aromatic N) is 2. The van der Waals surface area contributed by atoms with Crippen molar-refractivity contribution in [2.45, 2.75) is 13.5 Å². The van der Waals surface area contributed by atoms with Gasteiger partial charge in [-0.2, -0.15) is 5.26 Å². The van der Waals surface area contributed by atoms with Gasteiger partial charge in [-0.1, -0.05) is 41.9 Å². The van der Waals surface area contributed by atoms with Crippen molar-refractivity contribution < 1.29 is 18.8 Å². The highest BCUT2D eigenvalue weighted by Crippen LogP contribution is 2.38. The molecule has 0 radical (unpaired) electrons. The zero-order valence-electron chi connectivity index (χ0n) is 17.0. The van der Waals surface area contributed by atoms with Crippen molar-refractivity contribution in [3.63, 3.8) is 0 Å². The molecule has 3 aromatic rings. The molecule has 0 amide bonds. The van der Waals surface area contributed by atoms with Crippen molar-refractivity contribution in [3.05, 3.63) is 98.3 Å². The monoisotopic (exact) mass is 452 g/mol. The van der Waals surface area contributed by atoms with Crippen LogP contribution in [-0.4, -0.2) is 11.5 Å². The summed E-state index contributed by atoms with van der Waals surface area (Å²) in [6, 6.07) is 17.3. The molecular weight excluding hydrogens is 435 g/mol. The maximum atomic E-state index is 13.9. The fourth-order valence-corrected chi connectivity index (χ4v) is 3.25. The lowest BCUT2D eigenvalue weighted by molar-refractivity contribution is -0.384. The molecule has 0 fully saturated rings. The Morgan fingerprint density at radius 2 is 1.97 bits per heavy atom. The third kappa shape index (κ3) is 5.42. The lowest BCUT2D eigenvalue weighted by Gasteiger charge is -2.15. The van der Waals surface area contributed by atoms with Crippen LogP contribution in [0.4, 0.5) is 10.1 Å². The van der Waals surface area contributed by atoms with Gasteiger partial charge in [-0.15, -0.1) is 0 Å². The molecule has 0 aliphatic heterocycles. The predicted molar refractivity (Wildman–Crippen MR) is 120 cm³/mol. The quantitative estimate of drug-likeness (QED) is 0.170. The predicted octanol–water partition coefficient (Wildman–Crippen LogP) is 6.43. The number of rotatable bonds is 8. The van der Waals surface area contributed by atoms with Gasteiger partial charge in [-0.3, -0.25) is 10.1 Å². The van der Waals surface area contributed by atoms with Crippen LogP contribution >= 0.6 is 11.6 Å². The summed E-state index contributed by atoms with van der Waals surface area (Å²) in [7, 11) is 0. The lowest BCUT2D eigenvalue weighted by Crippen LogP contribution is -2.02. The van der Waals surface area contributed by atoms with Crippen LogP contribution in [0.2, 0.25) is 5.02 Å². The van der Waals surface area contributed by atoms with Gasteiger partial charge in [-0.05, 0) is 42.3 Å². The molecule has 0 unspecified atom stereocenters. The van der Waals surface area contributed by atoms with Crippen molar-refractivity contribution in [3.8, 4) is 17.6 Å². The van der Waals surface area contributed by atoms with Crippen LogP contribution in [-0.2, 0) is 6.61 Å². The van der Waals surface area contributed by atoms with Crippen molar-refractivity contribution in [2.24, 2.45) is 0 Å².